The van der Waals surface area contributed by atoms with Gasteiger partial charge in [0.15, 0.2) is 11.2 Å². The van der Waals surface area contributed by atoms with Crippen molar-refractivity contribution in [3.05, 3.63) is 78.0 Å². The monoisotopic (exact) mass is 339 g/mol. The van der Waals surface area contributed by atoms with Crippen LogP contribution in [-0.2, 0) is 0 Å². The molecule has 0 bridgehead atoms. The molecule has 26 heavy (non-hydrogen) atoms. The molecule has 0 fully saturated rings. The zero-order chi connectivity index (χ0) is 17.9. The summed E-state index contributed by atoms with van der Waals surface area (Å²) >= 11 is 0. The van der Waals surface area contributed by atoms with Crippen molar-refractivity contribution in [3.63, 3.8) is 0 Å². The number of oxazole rings is 1. The van der Waals surface area contributed by atoms with Crippen LogP contribution < -0.4 is 5.32 Å². The number of carbonyl (C=O) groups is 1. The van der Waals surface area contributed by atoms with Gasteiger partial charge in [0.1, 0.15) is 0 Å². The third-order valence-corrected chi connectivity index (χ3v) is 3.85. The van der Waals surface area contributed by atoms with Crippen LogP contribution in [0.4, 0.5) is 5.69 Å². The fraction of sp³-hybridized carbons (Fsp3) is 0. The van der Waals surface area contributed by atoms with Crippen molar-refractivity contribution in [2.75, 3.05) is 5.32 Å². The van der Waals surface area contributed by atoms with E-state index in [9.17, 15) is 4.79 Å². The van der Waals surface area contributed by atoms with E-state index < -0.39 is 0 Å². The number of aromatic nitrogens is 2. The molecule has 124 valence electrons. The van der Waals surface area contributed by atoms with E-state index in [-0.39, 0.29) is 5.91 Å². The lowest BCUT2D eigenvalue weighted by molar-refractivity contribution is 0.102. The molecule has 0 aliphatic rings. The summed E-state index contributed by atoms with van der Waals surface area (Å²) in [5.41, 5.74) is 3.84. The van der Waals surface area contributed by atoms with Crippen molar-refractivity contribution in [1.82, 2.24) is 9.97 Å². The molecule has 0 radical (unpaired) electrons. The predicted molar refractivity (Wildman–Crippen MR) is 99.6 cm³/mol. The first-order valence-corrected chi connectivity index (χ1v) is 7.93. The minimum absolute atomic E-state index is 0.221. The van der Waals surface area contributed by atoms with Crippen LogP contribution in [0.1, 0.15) is 15.9 Å². The van der Waals surface area contributed by atoms with E-state index in [1.807, 2.05) is 18.2 Å². The zero-order valence-corrected chi connectivity index (χ0v) is 13.6. The lowest BCUT2D eigenvalue weighted by Crippen LogP contribution is -2.11. The standard InChI is InChI=1S/C21H13N3O2/c1-2-14-5-3-6-16(13-14)20(25)23-17-10-8-15(9-11-17)21-24-19-18(26-21)7-4-12-22-19/h1,3-13H,(H,23,25). The van der Waals surface area contributed by atoms with Gasteiger partial charge in [-0.2, -0.15) is 4.98 Å². The first-order valence-electron chi connectivity index (χ1n) is 7.93. The highest BCUT2D eigenvalue weighted by atomic mass is 16.3. The van der Waals surface area contributed by atoms with Crippen LogP contribution in [0.25, 0.3) is 22.7 Å². The van der Waals surface area contributed by atoms with Gasteiger partial charge in [-0.25, -0.2) is 4.98 Å². The summed E-state index contributed by atoms with van der Waals surface area (Å²) in [6, 6.07) is 17.8. The number of anilines is 1. The highest BCUT2D eigenvalue weighted by Gasteiger charge is 2.10. The summed E-state index contributed by atoms with van der Waals surface area (Å²) < 4.78 is 5.69. The zero-order valence-electron chi connectivity index (χ0n) is 13.6. The third-order valence-electron chi connectivity index (χ3n) is 3.85. The predicted octanol–water partition coefficient (Wildman–Crippen LogP) is 4.12. The number of benzene rings is 2. The van der Waals surface area contributed by atoms with E-state index >= 15 is 0 Å². The lowest BCUT2D eigenvalue weighted by atomic mass is 10.1. The minimum Gasteiger partial charge on any atom is -0.434 e. The summed E-state index contributed by atoms with van der Waals surface area (Å²) in [7, 11) is 0. The fourth-order valence-electron chi connectivity index (χ4n) is 2.54. The van der Waals surface area contributed by atoms with Gasteiger partial charge < -0.3 is 9.73 Å². The van der Waals surface area contributed by atoms with Gasteiger partial charge >= 0.3 is 0 Å². The molecule has 1 N–H and O–H groups in total. The number of amides is 1. The Kier molecular flexibility index (Phi) is 3.92. The van der Waals surface area contributed by atoms with E-state index in [2.05, 4.69) is 21.2 Å². The van der Waals surface area contributed by atoms with Gasteiger partial charge in [-0.15, -0.1) is 6.42 Å². The Balaban J connectivity index is 1.54. The number of fused-ring (bicyclic) bond motifs is 1. The lowest BCUT2D eigenvalue weighted by Gasteiger charge is -2.06. The van der Waals surface area contributed by atoms with Crippen LogP contribution in [0.2, 0.25) is 0 Å². The van der Waals surface area contributed by atoms with Crippen molar-refractivity contribution >= 4 is 22.8 Å². The van der Waals surface area contributed by atoms with Gasteiger partial charge in [-0.1, -0.05) is 12.0 Å². The first kappa shape index (κ1) is 15.6. The molecule has 5 heteroatoms. The van der Waals surface area contributed by atoms with Gasteiger partial charge in [-0.3, -0.25) is 4.79 Å². The van der Waals surface area contributed by atoms with E-state index in [1.54, 1.807) is 48.7 Å². The Morgan fingerprint density at radius 1 is 1.08 bits per heavy atom. The van der Waals surface area contributed by atoms with E-state index in [0.717, 1.165) is 5.56 Å². The number of nitrogens with zero attached hydrogens (tertiary/aromatic N) is 2. The smallest absolute Gasteiger partial charge is 0.255 e. The molecular weight excluding hydrogens is 326 g/mol. The second-order valence-corrected chi connectivity index (χ2v) is 5.60. The number of hydrogen-bond donors (Lipinski definition) is 1. The Morgan fingerprint density at radius 3 is 2.69 bits per heavy atom. The summed E-state index contributed by atoms with van der Waals surface area (Å²) in [6.45, 7) is 0. The van der Waals surface area contributed by atoms with Crippen LogP contribution in [0.3, 0.4) is 0 Å². The number of carbonyl (C=O) groups excluding carboxylic acids is 1. The Hall–Kier alpha value is -3.91. The highest BCUT2D eigenvalue weighted by Crippen LogP contribution is 2.24. The molecule has 4 rings (SSSR count). The van der Waals surface area contributed by atoms with E-state index in [1.165, 1.54) is 0 Å². The molecule has 0 unspecified atom stereocenters. The van der Waals surface area contributed by atoms with Gasteiger partial charge in [-0.05, 0) is 54.6 Å². The Bertz CT molecular complexity index is 1100. The maximum Gasteiger partial charge on any atom is 0.255 e. The number of nitrogens with one attached hydrogen (secondary N) is 1. The summed E-state index contributed by atoms with van der Waals surface area (Å²) in [4.78, 5) is 20.8. The molecule has 0 aliphatic heterocycles. The van der Waals surface area contributed by atoms with Crippen molar-refractivity contribution < 1.29 is 9.21 Å². The maximum absolute atomic E-state index is 12.3. The van der Waals surface area contributed by atoms with Gasteiger partial charge in [0.25, 0.3) is 5.91 Å². The Morgan fingerprint density at radius 2 is 1.92 bits per heavy atom. The molecule has 0 spiro atoms. The second kappa shape index (κ2) is 6.54. The molecule has 0 aliphatic carbocycles. The summed E-state index contributed by atoms with van der Waals surface area (Å²) in [5, 5.41) is 2.84. The normalized spacial score (nSPS) is 10.4. The quantitative estimate of drug-likeness (QED) is 0.570. The molecule has 2 aromatic heterocycles. The number of pyridine rings is 1. The fourth-order valence-corrected chi connectivity index (χ4v) is 2.54. The molecule has 4 aromatic rings. The molecule has 0 saturated heterocycles. The van der Waals surface area contributed by atoms with Crippen LogP contribution in [0, 0.1) is 12.3 Å². The largest absolute Gasteiger partial charge is 0.434 e. The average Bonchev–Trinajstić information content (AvgIpc) is 3.13. The van der Waals surface area contributed by atoms with Gasteiger partial charge in [0.05, 0.1) is 0 Å². The molecular formula is C21H13N3O2. The molecule has 5 nitrogen and oxygen atoms in total. The van der Waals surface area contributed by atoms with Crippen LogP contribution in [0.5, 0.6) is 0 Å². The highest BCUT2D eigenvalue weighted by molar-refractivity contribution is 6.04. The van der Waals surface area contributed by atoms with Crippen molar-refractivity contribution in [1.29, 1.82) is 0 Å². The van der Waals surface area contributed by atoms with Crippen LogP contribution in [-0.4, -0.2) is 15.9 Å². The average molecular weight is 339 g/mol. The van der Waals surface area contributed by atoms with E-state index in [0.29, 0.717) is 33.9 Å². The van der Waals surface area contributed by atoms with Crippen molar-refractivity contribution in [2.24, 2.45) is 0 Å². The van der Waals surface area contributed by atoms with Crippen LogP contribution >= 0.6 is 0 Å². The maximum atomic E-state index is 12.3. The first-order chi connectivity index (χ1) is 12.7. The molecule has 0 saturated carbocycles. The van der Waals surface area contributed by atoms with Crippen molar-refractivity contribution in [3.8, 4) is 23.8 Å². The van der Waals surface area contributed by atoms with Crippen LogP contribution in [0.15, 0.2) is 71.3 Å². The molecule has 2 aromatic carbocycles. The summed E-state index contributed by atoms with van der Waals surface area (Å²) in [5.74, 6) is 2.78. The Labute approximate surface area is 149 Å². The summed E-state index contributed by atoms with van der Waals surface area (Å²) in [6.07, 6.45) is 7.04. The molecule has 1 amide bonds. The molecule has 0 atom stereocenters. The SMILES string of the molecule is C#Cc1cccc(C(=O)Nc2ccc(-c3nc4ncccc4o3)cc2)c1. The van der Waals surface area contributed by atoms with Gasteiger partial charge in [0.2, 0.25) is 5.89 Å². The minimum atomic E-state index is -0.221. The van der Waals surface area contributed by atoms with Gasteiger partial charge in [0, 0.05) is 28.6 Å². The molecule has 2 heterocycles. The van der Waals surface area contributed by atoms with E-state index in [4.69, 9.17) is 10.8 Å². The topological polar surface area (TPSA) is 68.0 Å². The number of rotatable bonds is 3. The number of hydrogen-bond acceptors (Lipinski definition) is 4. The second-order valence-electron chi connectivity index (χ2n) is 5.60. The number of terminal acetylenes is 1. The van der Waals surface area contributed by atoms with Crippen molar-refractivity contribution in [2.45, 2.75) is 0 Å². The third kappa shape index (κ3) is 3.04.